The van der Waals surface area contributed by atoms with Crippen LogP contribution in [0.4, 0.5) is 0 Å². The highest BCUT2D eigenvalue weighted by molar-refractivity contribution is 7.91. The molecule has 0 aromatic carbocycles. The molecule has 0 radical (unpaired) electrons. The molecule has 1 rings (SSSR count). The maximum absolute atomic E-state index is 12.5. The topological polar surface area (TPSA) is 70.4 Å². The van der Waals surface area contributed by atoms with E-state index < -0.39 is 10.0 Å². The number of methoxy groups -OCH3 is 1. The largest absolute Gasteiger partial charge is 0.383 e. The van der Waals surface area contributed by atoms with Crippen LogP contribution in [0.15, 0.2) is 16.3 Å². The molecule has 1 aromatic heterocycles. The average molecular weight is 302 g/mol. The molecule has 0 N–H and O–H groups in total. The minimum atomic E-state index is -3.54. The molecule has 0 aliphatic carbocycles. The second-order valence-electron chi connectivity index (χ2n) is 4.48. The molecule has 1 heterocycles. The summed E-state index contributed by atoms with van der Waals surface area (Å²) < 4.78 is 31.5. The number of nitriles is 1. The van der Waals surface area contributed by atoms with Gasteiger partial charge in [-0.25, -0.2) is 8.42 Å². The van der Waals surface area contributed by atoms with E-state index in [1.54, 1.807) is 7.11 Å². The minimum absolute atomic E-state index is 0.209. The van der Waals surface area contributed by atoms with Gasteiger partial charge in [-0.05, 0) is 18.1 Å². The van der Waals surface area contributed by atoms with Gasteiger partial charge in [0.15, 0.2) is 0 Å². The molecule has 0 atom stereocenters. The van der Waals surface area contributed by atoms with Gasteiger partial charge in [-0.3, -0.25) is 0 Å². The third-order valence-electron chi connectivity index (χ3n) is 2.40. The third kappa shape index (κ3) is 4.28. The number of hydrogen-bond acceptors (Lipinski definition) is 5. The fourth-order valence-electron chi connectivity index (χ4n) is 1.56. The van der Waals surface area contributed by atoms with Crippen LogP contribution in [0.5, 0.6) is 0 Å². The Kier molecular flexibility index (Phi) is 5.94. The first-order chi connectivity index (χ1) is 8.91. The Hall–Kier alpha value is -0.940. The Morgan fingerprint density at radius 1 is 1.47 bits per heavy atom. The van der Waals surface area contributed by atoms with Crippen molar-refractivity contribution in [1.29, 1.82) is 5.26 Å². The first kappa shape index (κ1) is 16.1. The third-order valence-corrected chi connectivity index (χ3v) is 5.72. The maximum atomic E-state index is 12.5. The van der Waals surface area contributed by atoms with Crippen molar-refractivity contribution in [2.75, 3.05) is 26.8 Å². The summed E-state index contributed by atoms with van der Waals surface area (Å²) in [5.74, 6) is 0.224. The summed E-state index contributed by atoms with van der Waals surface area (Å²) in [6, 6.07) is 4.97. The highest BCUT2D eigenvalue weighted by atomic mass is 32.2. The number of ether oxygens (including phenoxy) is 1. The fourth-order valence-corrected chi connectivity index (χ4v) is 4.40. The van der Waals surface area contributed by atoms with Crippen LogP contribution in [0.3, 0.4) is 0 Å². The monoisotopic (exact) mass is 302 g/mol. The van der Waals surface area contributed by atoms with Gasteiger partial charge in [0, 0.05) is 20.2 Å². The second kappa shape index (κ2) is 7.01. The molecule has 0 saturated carbocycles. The lowest BCUT2D eigenvalue weighted by molar-refractivity contribution is 0.175. The summed E-state index contributed by atoms with van der Waals surface area (Å²) in [6.45, 7) is 5.03. The molecule has 1 aromatic rings. The Bertz CT molecular complexity index is 544. The summed E-state index contributed by atoms with van der Waals surface area (Å²) in [5.41, 5.74) is 0. The fraction of sp³-hybridized carbons (Fsp3) is 0.583. The maximum Gasteiger partial charge on any atom is 0.252 e. The number of thiophene rings is 1. The van der Waals surface area contributed by atoms with E-state index in [1.807, 2.05) is 19.9 Å². The zero-order valence-corrected chi connectivity index (χ0v) is 12.9. The van der Waals surface area contributed by atoms with Crippen molar-refractivity contribution in [3.8, 4) is 6.07 Å². The molecule has 0 spiro atoms. The first-order valence-electron chi connectivity index (χ1n) is 5.90. The Labute approximate surface area is 118 Å². The van der Waals surface area contributed by atoms with Gasteiger partial charge in [0.2, 0.25) is 0 Å². The standard InChI is InChI=1S/C12H18N2O3S2/c1-10(2)9-14(6-7-17-3)19(15,16)12-5-4-11(8-13)18-12/h4-5,10H,6-7,9H2,1-3H3. The summed E-state index contributed by atoms with van der Waals surface area (Å²) in [7, 11) is -2.00. The molecule has 106 valence electrons. The van der Waals surface area contributed by atoms with E-state index in [0.717, 1.165) is 11.3 Å². The van der Waals surface area contributed by atoms with Crippen LogP contribution in [0.25, 0.3) is 0 Å². The van der Waals surface area contributed by atoms with Crippen LogP contribution in [-0.4, -0.2) is 39.5 Å². The molecule has 0 bridgehead atoms. The number of sulfonamides is 1. The number of nitrogens with zero attached hydrogens (tertiary/aromatic N) is 2. The van der Waals surface area contributed by atoms with Crippen molar-refractivity contribution in [3.05, 3.63) is 17.0 Å². The molecule has 7 heteroatoms. The van der Waals surface area contributed by atoms with Crippen molar-refractivity contribution in [1.82, 2.24) is 4.31 Å². The minimum Gasteiger partial charge on any atom is -0.383 e. The normalized spacial score (nSPS) is 12.0. The van der Waals surface area contributed by atoms with E-state index in [9.17, 15) is 8.42 Å². The van der Waals surface area contributed by atoms with Gasteiger partial charge in [-0.1, -0.05) is 13.8 Å². The van der Waals surface area contributed by atoms with E-state index >= 15 is 0 Å². The van der Waals surface area contributed by atoms with E-state index in [4.69, 9.17) is 10.00 Å². The summed E-state index contributed by atoms with van der Waals surface area (Å²) >= 11 is 0.997. The van der Waals surface area contributed by atoms with Crippen LogP contribution in [-0.2, 0) is 14.8 Å². The van der Waals surface area contributed by atoms with Crippen molar-refractivity contribution in [2.24, 2.45) is 5.92 Å². The lowest BCUT2D eigenvalue weighted by Gasteiger charge is -2.22. The molecule has 19 heavy (non-hydrogen) atoms. The van der Waals surface area contributed by atoms with Gasteiger partial charge in [-0.2, -0.15) is 9.57 Å². The van der Waals surface area contributed by atoms with Gasteiger partial charge < -0.3 is 4.74 Å². The van der Waals surface area contributed by atoms with Gasteiger partial charge in [0.25, 0.3) is 10.0 Å². The van der Waals surface area contributed by atoms with Gasteiger partial charge in [-0.15, -0.1) is 11.3 Å². The van der Waals surface area contributed by atoms with Gasteiger partial charge in [0.1, 0.15) is 15.2 Å². The summed E-state index contributed by atoms with van der Waals surface area (Å²) in [4.78, 5) is 0.398. The quantitative estimate of drug-likeness (QED) is 0.771. The summed E-state index contributed by atoms with van der Waals surface area (Å²) in [5, 5.41) is 8.77. The predicted octanol–water partition coefficient (Wildman–Crippen LogP) is 1.91. The van der Waals surface area contributed by atoms with E-state index in [-0.39, 0.29) is 10.1 Å². The molecule has 0 amide bonds. The average Bonchev–Trinajstić information content (AvgIpc) is 2.83. The molecule has 5 nitrogen and oxygen atoms in total. The van der Waals surface area contributed by atoms with E-state index in [1.165, 1.54) is 16.4 Å². The van der Waals surface area contributed by atoms with Crippen LogP contribution < -0.4 is 0 Å². The number of hydrogen-bond donors (Lipinski definition) is 0. The molecule has 0 saturated heterocycles. The molecule has 0 aliphatic rings. The van der Waals surface area contributed by atoms with E-state index in [2.05, 4.69) is 0 Å². The Morgan fingerprint density at radius 2 is 2.16 bits per heavy atom. The predicted molar refractivity (Wildman–Crippen MR) is 74.5 cm³/mol. The molecule has 0 aliphatic heterocycles. The Morgan fingerprint density at radius 3 is 2.63 bits per heavy atom. The zero-order valence-electron chi connectivity index (χ0n) is 11.3. The lowest BCUT2D eigenvalue weighted by Crippen LogP contribution is -2.36. The molecular weight excluding hydrogens is 284 g/mol. The van der Waals surface area contributed by atoms with Crippen molar-refractivity contribution in [2.45, 2.75) is 18.1 Å². The summed E-state index contributed by atoms with van der Waals surface area (Å²) in [6.07, 6.45) is 0. The highest BCUT2D eigenvalue weighted by Crippen LogP contribution is 2.24. The van der Waals surface area contributed by atoms with Gasteiger partial charge >= 0.3 is 0 Å². The molecule has 0 unspecified atom stereocenters. The second-order valence-corrected chi connectivity index (χ2v) is 7.73. The smallest absolute Gasteiger partial charge is 0.252 e. The van der Waals surface area contributed by atoms with Crippen molar-refractivity contribution in [3.63, 3.8) is 0 Å². The van der Waals surface area contributed by atoms with Crippen molar-refractivity contribution < 1.29 is 13.2 Å². The van der Waals surface area contributed by atoms with Crippen LogP contribution in [0.1, 0.15) is 18.7 Å². The molecular formula is C12H18N2O3S2. The Balaban J connectivity index is 3.01. The van der Waals surface area contributed by atoms with Crippen LogP contribution in [0.2, 0.25) is 0 Å². The number of rotatable bonds is 7. The van der Waals surface area contributed by atoms with Crippen LogP contribution in [0, 0.1) is 17.2 Å². The van der Waals surface area contributed by atoms with Crippen molar-refractivity contribution >= 4 is 21.4 Å². The lowest BCUT2D eigenvalue weighted by atomic mass is 10.2. The first-order valence-corrected chi connectivity index (χ1v) is 8.16. The van der Waals surface area contributed by atoms with Gasteiger partial charge in [0.05, 0.1) is 6.61 Å². The van der Waals surface area contributed by atoms with Crippen LogP contribution >= 0.6 is 11.3 Å². The SMILES string of the molecule is COCCN(CC(C)C)S(=O)(=O)c1ccc(C#N)s1. The molecule has 0 fully saturated rings. The highest BCUT2D eigenvalue weighted by Gasteiger charge is 2.26. The zero-order chi connectivity index (χ0) is 14.5. The van der Waals surface area contributed by atoms with E-state index in [0.29, 0.717) is 24.6 Å².